The first-order valence-corrected chi connectivity index (χ1v) is 15.2. The van der Waals surface area contributed by atoms with Crippen LogP contribution in [0, 0.1) is 11.3 Å². The van der Waals surface area contributed by atoms with E-state index in [1.807, 2.05) is 24.3 Å². The summed E-state index contributed by atoms with van der Waals surface area (Å²) in [6.45, 7) is 12.9. The maximum atomic E-state index is 13.6. The van der Waals surface area contributed by atoms with E-state index >= 15 is 0 Å². The lowest BCUT2D eigenvalue weighted by molar-refractivity contribution is -0.145. The van der Waals surface area contributed by atoms with Gasteiger partial charge in [-0.3, -0.25) is 19.2 Å². The lowest BCUT2D eigenvalue weighted by atomic mass is 9.78. The van der Waals surface area contributed by atoms with E-state index in [0.29, 0.717) is 12.1 Å². The lowest BCUT2D eigenvalue weighted by Gasteiger charge is -2.42. The summed E-state index contributed by atoms with van der Waals surface area (Å²) in [6.07, 6.45) is 4.33. The van der Waals surface area contributed by atoms with Gasteiger partial charge in [0, 0.05) is 29.3 Å². The summed E-state index contributed by atoms with van der Waals surface area (Å²) in [5.41, 5.74) is 4.99. The van der Waals surface area contributed by atoms with Gasteiger partial charge in [0.15, 0.2) is 0 Å². The number of aliphatic hydroxyl groups is 1. The Hall–Kier alpha value is -3.93. The summed E-state index contributed by atoms with van der Waals surface area (Å²) in [6, 6.07) is 4.90. The van der Waals surface area contributed by atoms with Gasteiger partial charge in [-0.2, -0.15) is 0 Å². The van der Waals surface area contributed by atoms with E-state index < -0.39 is 53.0 Å². The van der Waals surface area contributed by atoms with Gasteiger partial charge in [-0.1, -0.05) is 53.2 Å². The van der Waals surface area contributed by atoms with Crippen LogP contribution in [0.5, 0.6) is 0 Å². The highest BCUT2D eigenvalue weighted by molar-refractivity contribution is 5.98. The SMILES string of the molecule is CCCc1ccc(NC(=O)[C@H](CCCNC(N)=O)NC(=O)[C@@H](NC(=O)C(C)(C)CC(C)(C)N2C(=O)C=CC2O)C(C)C)cc1. The second-order valence-corrected chi connectivity index (χ2v) is 13.0. The summed E-state index contributed by atoms with van der Waals surface area (Å²) in [5, 5.41) is 21.3. The van der Waals surface area contributed by atoms with Crippen molar-refractivity contribution < 1.29 is 29.1 Å². The number of carbonyl (C=O) groups excluding carboxylic acids is 5. The molecule has 0 aromatic heterocycles. The smallest absolute Gasteiger partial charge is 0.312 e. The van der Waals surface area contributed by atoms with E-state index in [1.165, 1.54) is 17.1 Å². The zero-order valence-electron chi connectivity index (χ0n) is 27.0. The number of aryl methyl sites for hydroxylation is 1. The molecule has 0 saturated carbocycles. The third-order valence-electron chi connectivity index (χ3n) is 7.65. The number of aliphatic hydroxyl groups excluding tert-OH is 1. The van der Waals surface area contributed by atoms with Crippen LogP contribution < -0.4 is 27.0 Å². The topological polar surface area (TPSA) is 183 Å². The molecule has 3 atom stereocenters. The Labute approximate surface area is 260 Å². The third-order valence-corrected chi connectivity index (χ3v) is 7.65. The lowest BCUT2D eigenvalue weighted by Crippen LogP contribution is -2.58. The average Bonchev–Trinajstić information content (AvgIpc) is 3.27. The normalized spacial score (nSPS) is 16.4. The zero-order chi connectivity index (χ0) is 33.2. The number of rotatable bonds is 16. The minimum atomic E-state index is -1.08. The van der Waals surface area contributed by atoms with E-state index in [2.05, 4.69) is 28.2 Å². The minimum absolute atomic E-state index is 0.206. The molecule has 1 aromatic carbocycles. The largest absolute Gasteiger partial charge is 0.370 e. The number of amides is 6. The van der Waals surface area contributed by atoms with E-state index in [0.717, 1.165) is 18.4 Å². The van der Waals surface area contributed by atoms with Gasteiger partial charge in [0.1, 0.15) is 18.3 Å². The van der Waals surface area contributed by atoms with Gasteiger partial charge in [0.05, 0.1) is 0 Å². The van der Waals surface area contributed by atoms with Gasteiger partial charge >= 0.3 is 6.03 Å². The average molecular weight is 615 g/mol. The van der Waals surface area contributed by atoms with Crippen molar-refractivity contribution >= 4 is 35.3 Å². The predicted octanol–water partition coefficient (Wildman–Crippen LogP) is 2.56. The van der Waals surface area contributed by atoms with Crippen molar-refractivity contribution in [1.82, 2.24) is 20.9 Å². The summed E-state index contributed by atoms with van der Waals surface area (Å²) < 4.78 is 0. The Kier molecular flexibility index (Phi) is 12.9. The second kappa shape index (κ2) is 15.7. The van der Waals surface area contributed by atoms with Crippen LogP contribution in [0.15, 0.2) is 36.4 Å². The molecule has 1 aliphatic rings. The third kappa shape index (κ3) is 10.4. The van der Waals surface area contributed by atoms with Gasteiger partial charge in [0.25, 0.3) is 0 Å². The molecule has 44 heavy (non-hydrogen) atoms. The van der Waals surface area contributed by atoms with Gasteiger partial charge < -0.3 is 37.0 Å². The predicted molar refractivity (Wildman–Crippen MR) is 169 cm³/mol. The Morgan fingerprint density at radius 1 is 1.02 bits per heavy atom. The van der Waals surface area contributed by atoms with Gasteiger partial charge in [-0.15, -0.1) is 0 Å². The van der Waals surface area contributed by atoms with Crippen molar-refractivity contribution in [2.75, 3.05) is 11.9 Å². The van der Waals surface area contributed by atoms with Crippen molar-refractivity contribution in [3.8, 4) is 0 Å². The van der Waals surface area contributed by atoms with Crippen LogP contribution in [-0.2, 0) is 25.6 Å². The number of benzene rings is 1. The Bertz CT molecular complexity index is 1210. The van der Waals surface area contributed by atoms with E-state index in [-0.39, 0.29) is 31.2 Å². The maximum Gasteiger partial charge on any atom is 0.312 e. The number of anilines is 1. The molecule has 12 nitrogen and oxygen atoms in total. The standard InChI is InChI=1S/C32H50N6O6/c1-8-10-21-12-14-22(15-13-21)35-27(41)23(11-9-18-34-30(33)44)36-28(42)26(20(2)3)37-29(43)31(4,5)19-32(6,7)38-24(39)16-17-25(38)40/h12-17,20,23-24,26,39H,8-11,18-19H2,1-7H3,(H,35,41)(H,36,42)(H,37,43)(H3,33,34,44)/t23-,24?,26-/m0/s1. The molecule has 0 bridgehead atoms. The van der Waals surface area contributed by atoms with Crippen LogP contribution in [0.25, 0.3) is 0 Å². The molecule has 0 saturated heterocycles. The summed E-state index contributed by atoms with van der Waals surface area (Å²) >= 11 is 0. The fourth-order valence-corrected chi connectivity index (χ4v) is 5.56. The number of hydrogen-bond donors (Lipinski definition) is 6. The summed E-state index contributed by atoms with van der Waals surface area (Å²) in [7, 11) is 0. The van der Waals surface area contributed by atoms with E-state index in [1.54, 1.807) is 41.5 Å². The molecule has 12 heteroatoms. The first-order chi connectivity index (χ1) is 20.5. The molecule has 244 valence electrons. The second-order valence-electron chi connectivity index (χ2n) is 13.0. The van der Waals surface area contributed by atoms with Crippen molar-refractivity contribution in [1.29, 1.82) is 0 Å². The fourth-order valence-electron chi connectivity index (χ4n) is 5.56. The molecule has 0 spiro atoms. The number of nitrogens with zero attached hydrogens (tertiary/aromatic N) is 1. The molecule has 1 heterocycles. The Balaban J connectivity index is 2.16. The molecular weight excluding hydrogens is 564 g/mol. The molecule has 0 radical (unpaired) electrons. The van der Waals surface area contributed by atoms with Gasteiger partial charge in [0.2, 0.25) is 23.6 Å². The van der Waals surface area contributed by atoms with Crippen LogP contribution in [-0.4, -0.2) is 70.1 Å². The zero-order valence-corrected chi connectivity index (χ0v) is 27.0. The van der Waals surface area contributed by atoms with Crippen molar-refractivity contribution in [2.24, 2.45) is 17.1 Å². The first kappa shape index (κ1) is 36.3. The van der Waals surface area contributed by atoms with Crippen molar-refractivity contribution in [3.63, 3.8) is 0 Å². The number of nitrogens with one attached hydrogen (secondary N) is 4. The number of hydrogen-bond acceptors (Lipinski definition) is 6. The van der Waals surface area contributed by atoms with Crippen LogP contribution >= 0.6 is 0 Å². The molecule has 7 N–H and O–H groups in total. The summed E-state index contributed by atoms with van der Waals surface area (Å²) in [4.78, 5) is 65.2. The monoisotopic (exact) mass is 614 g/mol. The number of urea groups is 1. The van der Waals surface area contributed by atoms with Crippen LogP contribution in [0.2, 0.25) is 0 Å². The Morgan fingerprint density at radius 2 is 1.66 bits per heavy atom. The molecular formula is C32H50N6O6. The molecule has 0 fully saturated rings. The van der Waals surface area contributed by atoms with Crippen molar-refractivity contribution in [2.45, 2.75) is 104 Å². The number of carbonyl (C=O) groups is 5. The van der Waals surface area contributed by atoms with Gasteiger partial charge in [-0.25, -0.2) is 4.79 Å². The highest BCUT2D eigenvalue weighted by Crippen LogP contribution is 2.35. The fraction of sp³-hybridized carbons (Fsp3) is 0.594. The maximum absolute atomic E-state index is 13.6. The van der Waals surface area contributed by atoms with E-state index in [4.69, 9.17) is 5.73 Å². The Morgan fingerprint density at radius 3 is 2.18 bits per heavy atom. The molecule has 2 rings (SSSR count). The first-order valence-electron chi connectivity index (χ1n) is 15.2. The summed E-state index contributed by atoms with van der Waals surface area (Å²) in [5.74, 6) is -2.03. The highest BCUT2D eigenvalue weighted by atomic mass is 16.3. The quantitative estimate of drug-likeness (QED) is 0.156. The molecule has 6 amide bonds. The van der Waals surface area contributed by atoms with Crippen LogP contribution in [0.3, 0.4) is 0 Å². The molecule has 1 unspecified atom stereocenters. The molecule has 1 aromatic rings. The molecule has 1 aliphatic heterocycles. The number of primary amides is 1. The van der Waals surface area contributed by atoms with E-state index in [9.17, 15) is 29.1 Å². The van der Waals surface area contributed by atoms with Crippen molar-refractivity contribution in [3.05, 3.63) is 42.0 Å². The van der Waals surface area contributed by atoms with Crippen LogP contribution in [0.1, 0.15) is 79.7 Å². The van der Waals surface area contributed by atoms with Crippen LogP contribution in [0.4, 0.5) is 10.5 Å². The highest BCUT2D eigenvalue weighted by Gasteiger charge is 2.44. The number of nitrogens with two attached hydrogens (primary N) is 1. The van der Waals surface area contributed by atoms with Gasteiger partial charge in [-0.05, 0) is 69.2 Å². The molecule has 0 aliphatic carbocycles. The minimum Gasteiger partial charge on any atom is -0.370 e.